The van der Waals surface area contributed by atoms with Crippen LogP contribution in [-0.2, 0) is 0 Å². The van der Waals surface area contributed by atoms with Crippen molar-refractivity contribution in [2.45, 2.75) is 59.4 Å². The maximum atomic E-state index is 3.75. The SMILES string of the molecule is Cc1ccc(C)n1NC1CCCCC1C(C)C. The number of nitrogens with zero attached hydrogens (tertiary/aromatic N) is 1. The fourth-order valence-electron chi connectivity index (χ4n) is 3.16. The number of rotatable bonds is 3. The summed E-state index contributed by atoms with van der Waals surface area (Å²) in [6.07, 6.45) is 5.49. The van der Waals surface area contributed by atoms with Gasteiger partial charge in [-0.15, -0.1) is 0 Å². The molecule has 1 heterocycles. The van der Waals surface area contributed by atoms with Gasteiger partial charge in [0.15, 0.2) is 0 Å². The maximum Gasteiger partial charge on any atom is 0.0455 e. The zero-order chi connectivity index (χ0) is 12.4. The summed E-state index contributed by atoms with van der Waals surface area (Å²) in [4.78, 5) is 0. The van der Waals surface area contributed by atoms with E-state index in [0.29, 0.717) is 6.04 Å². The summed E-state index contributed by atoms with van der Waals surface area (Å²) in [7, 11) is 0. The molecule has 1 saturated carbocycles. The van der Waals surface area contributed by atoms with Crippen molar-refractivity contribution in [2.75, 3.05) is 5.43 Å². The second kappa shape index (κ2) is 5.16. The fraction of sp³-hybridized carbons (Fsp3) is 0.733. The standard InChI is InChI=1S/C15H26N2/c1-11(2)14-7-5-6-8-15(14)16-17-12(3)9-10-13(17)4/h9-11,14-16H,5-8H2,1-4H3. The van der Waals surface area contributed by atoms with Crippen LogP contribution in [0.15, 0.2) is 12.1 Å². The quantitative estimate of drug-likeness (QED) is 0.840. The highest BCUT2D eigenvalue weighted by molar-refractivity contribution is 5.16. The molecule has 1 aromatic rings. The van der Waals surface area contributed by atoms with E-state index in [4.69, 9.17) is 0 Å². The molecule has 1 fully saturated rings. The molecule has 2 atom stereocenters. The Balaban J connectivity index is 2.11. The van der Waals surface area contributed by atoms with Gasteiger partial charge in [-0.05, 0) is 50.7 Å². The molecule has 2 nitrogen and oxygen atoms in total. The van der Waals surface area contributed by atoms with E-state index in [-0.39, 0.29) is 0 Å². The predicted molar refractivity (Wildman–Crippen MR) is 73.9 cm³/mol. The van der Waals surface area contributed by atoms with E-state index in [1.807, 2.05) is 0 Å². The van der Waals surface area contributed by atoms with E-state index in [1.165, 1.54) is 37.1 Å². The van der Waals surface area contributed by atoms with Crippen LogP contribution in [0.25, 0.3) is 0 Å². The van der Waals surface area contributed by atoms with Crippen molar-refractivity contribution in [1.29, 1.82) is 0 Å². The molecule has 2 heteroatoms. The lowest BCUT2D eigenvalue weighted by Crippen LogP contribution is -2.40. The summed E-state index contributed by atoms with van der Waals surface area (Å²) in [6, 6.07) is 5.03. The number of hydrogen-bond acceptors (Lipinski definition) is 1. The third-order valence-electron chi connectivity index (χ3n) is 4.24. The monoisotopic (exact) mass is 234 g/mol. The molecule has 0 bridgehead atoms. The van der Waals surface area contributed by atoms with Gasteiger partial charge in [0, 0.05) is 17.4 Å². The van der Waals surface area contributed by atoms with Crippen LogP contribution in [0.5, 0.6) is 0 Å². The molecule has 17 heavy (non-hydrogen) atoms. The Hall–Kier alpha value is -0.920. The van der Waals surface area contributed by atoms with Gasteiger partial charge in [0.2, 0.25) is 0 Å². The number of hydrogen-bond donors (Lipinski definition) is 1. The number of aromatic nitrogens is 1. The molecule has 1 aliphatic rings. The van der Waals surface area contributed by atoms with E-state index in [2.05, 4.69) is 49.9 Å². The van der Waals surface area contributed by atoms with Crippen molar-refractivity contribution >= 4 is 0 Å². The highest BCUT2D eigenvalue weighted by atomic mass is 15.4. The van der Waals surface area contributed by atoms with Crippen LogP contribution in [0.3, 0.4) is 0 Å². The first-order valence-electron chi connectivity index (χ1n) is 7.01. The Labute approximate surface area is 105 Å². The Morgan fingerprint density at radius 3 is 2.29 bits per heavy atom. The predicted octanol–water partition coefficient (Wildman–Crippen LogP) is 3.86. The molecule has 96 valence electrons. The molecular weight excluding hydrogens is 208 g/mol. The van der Waals surface area contributed by atoms with Gasteiger partial charge in [-0.25, -0.2) is 0 Å². The molecule has 0 aliphatic heterocycles. The topological polar surface area (TPSA) is 17.0 Å². The third kappa shape index (κ3) is 2.67. The zero-order valence-corrected chi connectivity index (χ0v) is 11.7. The second-order valence-corrected chi connectivity index (χ2v) is 5.88. The van der Waals surface area contributed by atoms with Gasteiger partial charge in [-0.3, -0.25) is 4.68 Å². The summed E-state index contributed by atoms with van der Waals surface area (Å²) in [5.74, 6) is 1.61. The van der Waals surface area contributed by atoms with Gasteiger partial charge >= 0.3 is 0 Å². The molecule has 0 aromatic carbocycles. The second-order valence-electron chi connectivity index (χ2n) is 5.88. The molecule has 0 radical (unpaired) electrons. The average Bonchev–Trinajstić information content (AvgIpc) is 2.61. The van der Waals surface area contributed by atoms with E-state index >= 15 is 0 Å². The first-order valence-corrected chi connectivity index (χ1v) is 7.01. The summed E-state index contributed by atoms with van der Waals surface area (Å²) in [5.41, 5.74) is 6.38. The molecule has 2 unspecified atom stereocenters. The van der Waals surface area contributed by atoms with Crippen molar-refractivity contribution in [1.82, 2.24) is 4.68 Å². The van der Waals surface area contributed by atoms with Gasteiger partial charge in [-0.2, -0.15) is 0 Å². The maximum absolute atomic E-state index is 3.75. The summed E-state index contributed by atoms with van der Waals surface area (Å²) in [5, 5.41) is 0. The van der Waals surface area contributed by atoms with Crippen LogP contribution < -0.4 is 5.43 Å². The van der Waals surface area contributed by atoms with Crippen molar-refractivity contribution in [2.24, 2.45) is 11.8 Å². The van der Waals surface area contributed by atoms with Crippen LogP contribution in [0.2, 0.25) is 0 Å². The molecule has 1 aliphatic carbocycles. The van der Waals surface area contributed by atoms with Crippen molar-refractivity contribution in [3.8, 4) is 0 Å². The van der Waals surface area contributed by atoms with Crippen molar-refractivity contribution in [3.63, 3.8) is 0 Å². The molecule has 1 aromatic heterocycles. The summed E-state index contributed by atoms with van der Waals surface area (Å²) in [6.45, 7) is 9.07. The molecule has 0 amide bonds. The van der Waals surface area contributed by atoms with E-state index in [1.54, 1.807) is 0 Å². The first kappa shape index (κ1) is 12.5. The Bertz CT molecular complexity index is 345. The molecule has 0 spiro atoms. The molecule has 1 N–H and O–H groups in total. The lowest BCUT2D eigenvalue weighted by Gasteiger charge is -2.36. The smallest absolute Gasteiger partial charge is 0.0455 e. The highest BCUT2D eigenvalue weighted by Crippen LogP contribution is 2.31. The van der Waals surface area contributed by atoms with E-state index < -0.39 is 0 Å². The normalized spacial score (nSPS) is 25.2. The summed E-state index contributed by atoms with van der Waals surface area (Å²) >= 11 is 0. The fourth-order valence-corrected chi connectivity index (χ4v) is 3.16. The van der Waals surface area contributed by atoms with Crippen molar-refractivity contribution < 1.29 is 0 Å². The van der Waals surface area contributed by atoms with Crippen LogP contribution in [0.1, 0.15) is 50.9 Å². The van der Waals surface area contributed by atoms with Gasteiger partial charge in [0.05, 0.1) is 0 Å². The Morgan fingerprint density at radius 1 is 1.12 bits per heavy atom. The molecule has 0 saturated heterocycles. The van der Waals surface area contributed by atoms with Gasteiger partial charge in [0.25, 0.3) is 0 Å². The van der Waals surface area contributed by atoms with Gasteiger partial charge in [0.1, 0.15) is 0 Å². The van der Waals surface area contributed by atoms with Gasteiger partial charge in [-0.1, -0.05) is 26.7 Å². The lowest BCUT2D eigenvalue weighted by atomic mass is 9.78. The zero-order valence-electron chi connectivity index (χ0n) is 11.7. The van der Waals surface area contributed by atoms with E-state index in [0.717, 1.165) is 11.8 Å². The van der Waals surface area contributed by atoms with Gasteiger partial charge < -0.3 is 5.43 Å². The molecular formula is C15H26N2. The largest absolute Gasteiger partial charge is 0.323 e. The minimum absolute atomic E-state index is 0.647. The minimum Gasteiger partial charge on any atom is -0.323 e. The average molecular weight is 234 g/mol. The van der Waals surface area contributed by atoms with Crippen LogP contribution in [-0.4, -0.2) is 10.7 Å². The van der Waals surface area contributed by atoms with Crippen LogP contribution >= 0.6 is 0 Å². The number of aryl methyl sites for hydroxylation is 2. The van der Waals surface area contributed by atoms with Crippen LogP contribution in [0.4, 0.5) is 0 Å². The minimum atomic E-state index is 0.647. The number of nitrogens with one attached hydrogen (secondary N) is 1. The van der Waals surface area contributed by atoms with Crippen LogP contribution in [0, 0.1) is 25.7 Å². The Kier molecular flexibility index (Phi) is 3.80. The highest BCUT2D eigenvalue weighted by Gasteiger charge is 2.27. The Morgan fingerprint density at radius 2 is 1.71 bits per heavy atom. The first-order chi connectivity index (χ1) is 8.09. The summed E-state index contributed by atoms with van der Waals surface area (Å²) < 4.78 is 2.27. The van der Waals surface area contributed by atoms with Crippen molar-refractivity contribution in [3.05, 3.63) is 23.5 Å². The van der Waals surface area contributed by atoms with E-state index in [9.17, 15) is 0 Å². The lowest BCUT2D eigenvalue weighted by molar-refractivity contribution is 0.242. The third-order valence-corrected chi connectivity index (χ3v) is 4.24. The molecule has 2 rings (SSSR count).